The highest BCUT2D eigenvalue weighted by Crippen LogP contribution is 2.33. The fraction of sp³-hybridized carbons (Fsp3) is 0.762. The van der Waals surface area contributed by atoms with E-state index in [4.69, 9.17) is 15.7 Å². The summed E-state index contributed by atoms with van der Waals surface area (Å²) in [5, 5.41) is 7.10. The lowest BCUT2D eigenvalue weighted by atomic mass is 9.92. The number of hydrogen-bond acceptors (Lipinski definition) is 6. The summed E-state index contributed by atoms with van der Waals surface area (Å²) in [4.78, 5) is 14.4. The van der Waals surface area contributed by atoms with Crippen LogP contribution in [0, 0.1) is 5.92 Å². The Hall–Kier alpha value is -1.89. The second-order valence-corrected chi connectivity index (χ2v) is 9.02. The average Bonchev–Trinajstić information content (AvgIpc) is 3.32. The van der Waals surface area contributed by atoms with Crippen molar-refractivity contribution in [1.29, 1.82) is 0 Å². The Balaban J connectivity index is 1.60. The summed E-state index contributed by atoms with van der Waals surface area (Å²) in [6.07, 6.45) is 12.4. The molecule has 7 heteroatoms. The molecule has 154 valence electrons. The Kier molecular flexibility index (Phi) is 5.99. The van der Waals surface area contributed by atoms with E-state index in [1.165, 1.54) is 25.7 Å². The number of hydrogen-bond donors (Lipinski definition) is 3. The van der Waals surface area contributed by atoms with Gasteiger partial charge in [0, 0.05) is 24.7 Å². The Bertz CT molecular complexity index is 770. The van der Waals surface area contributed by atoms with Crippen molar-refractivity contribution in [3.05, 3.63) is 6.33 Å². The van der Waals surface area contributed by atoms with E-state index < -0.39 is 0 Å². The number of nitrogens with two attached hydrogens (primary N) is 1. The van der Waals surface area contributed by atoms with Crippen LogP contribution in [0.2, 0.25) is 0 Å². The quantitative estimate of drug-likeness (QED) is 0.665. The number of imidazole rings is 1. The molecule has 2 aromatic rings. The minimum Gasteiger partial charge on any atom is -0.368 e. The minimum atomic E-state index is 0.346. The van der Waals surface area contributed by atoms with Crippen LogP contribution >= 0.6 is 0 Å². The topological polar surface area (TPSA) is 93.7 Å². The first-order valence-electron chi connectivity index (χ1n) is 11.1. The van der Waals surface area contributed by atoms with Gasteiger partial charge in [-0.3, -0.25) is 0 Å². The van der Waals surface area contributed by atoms with Crippen molar-refractivity contribution in [3.8, 4) is 0 Å². The highest BCUT2D eigenvalue weighted by atomic mass is 15.2. The van der Waals surface area contributed by atoms with Crippen molar-refractivity contribution in [3.63, 3.8) is 0 Å². The van der Waals surface area contributed by atoms with Crippen molar-refractivity contribution in [2.24, 2.45) is 11.7 Å². The van der Waals surface area contributed by atoms with E-state index in [0.717, 1.165) is 61.6 Å². The third-order valence-corrected chi connectivity index (χ3v) is 6.26. The van der Waals surface area contributed by atoms with Crippen LogP contribution in [0.5, 0.6) is 0 Å². The molecule has 0 aliphatic heterocycles. The molecule has 0 amide bonds. The number of anilines is 2. The summed E-state index contributed by atoms with van der Waals surface area (Å²) >= 11 is 0. The summed E-state index contributed by atoms with van der Waals surface area (Å²) < 4.78 is 2.28. The van der Waals surface area contributed by atoms with Crippen molar-refractivity contribution in [2.45, 2.75) is 89.8 Å². The summed E-state index contributed by atoms with van der Waals surface area (Å²) in [6.45, 7) is 5.39. The Labute approximate surface area is 167 Å². The third kappa shape index (κ3) is 4.40. The molecule has 0 saturated heterocycles. The van der Waals surface area contributed by atoms with Gasteiger partial charge in [-0.1, -0.05) is 26.7 Å². The predicted octanol–water partition coefficient (Wildman–Crippen LogP) is 4.08. The first kappa shape index (κ1) is 19.4. The Morgan fingerprint density at radius 2 is 1.86 bits per heavy atom. The van der Waals surface area contributed by atoms with Crippen LogP contribution in [0.15, 0.2) is 6.33 Å². The molecule has 0 radical (unpaired) electrons. The molecule has 0 spiro atoms. The van der Waals surface area contributed by atoms with E-state index in [1.807, 2.05) is 6.33 Å². The standard InChI is InChI=1S/C21H35N7/c1-14(2)11-12-23-19-18-20(28(13-24-18)17-5-3-4-6-17)27-21(26-19)25-16-9-7-15(22)8-10-16/h13-17H,3-12,22H2,1-2H3,(H2,23,25,26,27)/t15-,16-. The predicted molar refractivity (Wildman–Crippen MR) is 115 cm³/mol. The lowest BCUT2D eigenvalue weighted by Gasteiger charge is -2.27. The van der Waals surface area contributed by atoms with Gasteiger partial charge in [-0.15, -0.1) is 0 Å². The molecule has 2 heterocycles. The number of fused-ring (bicyclic) bond motifs is 1. The van der Waals surface area contributed by atoms with Crippen LogP contribution in [-0.2, 0) is 0 Å². The van der Waals surface area contributed by atoms with E-state index in [1.54, 1.807) is 0 Å². The smallest absolute Gasteiger partial charge is 0.227 e. The van der Waals surface area contributed by atoms with Gasteiger partial charge in [0.15, 0.2) is 17.0 Å². The average molecular weight is 386 g/mol. The summed E-state index contributed by atoms with van der Waals surface area (Å²) in [5.74, 6) is 2.24. The van der Waals surface area contributed by atoms with Crippen molar-refractivity contribution >= 4 is 22.9 Å². The molecule has 2 fully saturated rings. The van der Waals surface area contributed by atoms with Crippen molar-refractivity contribution < 1.29 is 0 Å². The number of aromatic nitrogens is 4. The van der Waals surface area contributed by atoms with Gasteiger partial charge < -0.3 is 20.9 Å². The largest absolute Gasteiger partial charge is 0.368 e. The lowest BCUT2D eigenvalue weighted by Crippen LogP contribution is -2.33. The first-order valence-corrected chi connectivity index (χ1v) is 11.1. The van der Waals surface area contributed by atoms with Gasteiger partial charge in [0.05, 0.1) is 6.33 Å². The van der Waals surface area contributed by atoms with Gasteiger partial charge in [-0.2, -0.15) is 9.97 Å². The molecule has 7 nitrogen and oxygen atoms in total. The number of nitrogens with one attached hydrogen (secondary N) is 2. The molecule has 2 aliphatic rings. The zero-order valence-corrected chi connectivity index (χ0v) is 17.3. The van der Waals surface area contributed by atoms with Crippen LogP contribution in [0.4, 0.5) is 11.8 Å². The second-order valence-electron chi connectivity index (χ2n) is 9.02. The minimum absolute atomic E-state index is 0.346. The number of nitrogens with zero attached hydrogens (tertiary/aromatic N) is 4. The van der Waals surface area contributed by atoms with Gasteiger partial charge in [-0.25, -0.2) is 4.98 Å². The maximum Gasteiger partial charge on any atom is 0.227 e. The van der Waals surface area contributed by atoms with Crippen molar-refractivity contribution in [1.82, 2.24) is 19.5 Å². The van der Waals surface area contributed by atoms with E-state index in [0.29, 0.717) is 24.0 Å². The molecular formula is C21H35N7. The Morgan fingerprint density at radius 1 is 1.11 bits per heavy atom. The van der Waals surface area contributed by atoms with E-state index >= 15 is 0 Å². The highest BCUT2D eigenvalue weighted by Gasteiger charge is 2.23. The van der Waals surface area contributed by atoms with Gasteiger partial charge in [-0.05, 0) is 50.9 Å². The van der Waals surface area contributed by atoms with E-state index in [9.17, 15) is 0 Å². The summed E-state index contributed by atoms with van der Waals surface area (Å²) in [5.41, 5.74) is 7.92. The van der Waals surface area contributed by atoms with Gasteiger partial charge in [0.1, 0.15) is 0 Å². The summed E-state index contributed by atoms with van der Waals surface area (Å²) in [6, 6.07) is 1.27. The van der Waals surface area contributed by atoms with Gasteiger partial charge >= 0.3 is 0 Å². The molecule has 28 heavy (non-hydrogen) atoms. The molecular weight excluding hydrogens is 350 g/mol. The Morgan fingerprint density at radius 3 is 2.57 bits per heavy atom. The first-order chi connectivity index (χ1) is 13.6. The van der Waals surface area contributed by atoms with E-state index in [-0.39, 0.29) is 0 Å². The molecule has 0 unspecified atom stereocenters. The summed E-state index contributed by atoms with van der Waals surface area (Å²) in [7, 11) is 0. The monoisotopic (exact) mass is 385 g/mol. The van der Waals surface area contributed by atoms with Gasteiger partial charge in [0.2, 0.25) is 5.95 Å². The molecule has 0 atom stereocenters. The molecule has 0 aromatic carbocycles. The molecule has 2 aliphatic carbocycles. The highest BCUT2D eigenvalue weighted by molar-refractivity contribution is 5.84. The zero-order chi connectivity index (χ0) is 19.5. The molecule has 4 rings (SSSR count). The lowest BCUT2D eigenvalue weighted by molar-refractivity contribution is 0.410. The normalized spacial score (nSPS) is 23.6. The van der Waals surface area contributed by atoms with E-state index in [2.05, 4.69) is 34.0 Å². The van der Waals surface area contributed by atoms with Crippen LogP contribution < -0.4 is 16.4 Å². The van der Waals surface area contributed by atoms with Crippen LogP contribution in [-0.4, -0.2) is 38.1 Å². The fourth-order valence-electron chi connectivity index (χ4n) is 4.48. The number of rotatable bonds is 7. The zero-order valence-electron chi connectivity index (χ0n) is 17.3. The van der Waals surface area contributed by atoms with Gasteiger partial charge in [0.25, 0.3) is 0 Å². The maximum atomic E-state index is 6.06. The molecule has 2 saturated carbocycles. The molecule has 2 aromatic heterocycles. The van der Waals surface area contributed by atoms with Crippen molar-refractivity contribution in [2.75, 3.05) is 17.2 Å². The molecule has 0 bridgehead atoms. The molecule has 4 N–H and O–H groups in total. The fourth-order valence-corrected chi connectivity index (χ4v) is 4.48. The maximum absolute atomic E-state index is 6.06. The SMILES string of the molecule is CC(C)CCNc1nc(N[C@H]2CC[C@H](N)CC2)nc2c1ncn2C1CCCC1. The van der Waals surface area contributed by atoms with Crippen LogP contribution in [0.3, 0.4) is 0 Å². The second kappa shape index (κ2) is 8.64. The third-order valence-electron chi connectivity index (χ3n) is 6.26. The van der Waals surface area contributed by atoms with Crippen LogP contribution in [0.25, 0.3) is 11.2 Å². The van der Waals surface area contributed by atoms with Crippen LogP contribution in [0.1, 0.15) is 77.7 Å².